The second-order valence-corrected chi connectivity index (χ2v) is 8.15. The number of aromatic nitrogens is 3. The van der Waals surface area contributed by atoms with Gasteiger partial charge in [-0.05, 0) is 30.2 Å². The van der Waals surface area contributed by atoms with Crippen molar-refractivity contribution in [2.45, 2.75) is 20.0 Å². The van der Waals surface area contributed by atoms with E-state index in [0.29, 0.717) is 23.6 Å². The van der Waals surface area contributed by atoms with Gasteiger partial charge in [-0.2, -0.15) is 5.10 Å². The largest absolute Gasteiger partial charge is 0.482 e. The van der Waals surface area contributed by atoms with Crippen molar-refractivity contribution in [3.05, 3.63) is 88.9 Å². The molecule has 4 aromatic rings. The van der Waals surface area contributed by atoms with Crippen LogP contribution in [0.15, 0.2) is 60.8 Å². The van der Waals surface area contributed by atoms with E-state index in [2.05, 4.69) is 26.0 Å². The van der Waals surface area contributed by atoms with Crippen LogP contribution in [-0.2, 0) is 17.9 Å². The first-order valence-corrected chi connectivity index (χ1v) is 11.0. The molecular weight excluding hydrogens is 448 g/mol. The monoisotopic (exact) mass is 470 g/mol. The first kappa shape index (κ1) is 22.1. The molecule has 10 nitrogen and oxygen atoms in total. The van der Waals surface area contributed by atoms with E-state index < -0.39 is 5.91 Å². The number of hydrogen-bond donors (Lipinski definition) is 3. The van der Waals surface area contributed by atoms with Gasteiger partial charge in [-0.3, -0.25) is 14.4 Å². The Balaban J connectivity index is 1.31. The van der Waals surface area contributed by atoms with Crippen molar-refractivity contribution < 1.29 is 19.1 Å². The number of nitrogens with one attached hydrogen (secondary N) is 3. The van der Waals surface area contributed by atoms with Crippen molar-refractivity contribution in [2.75, 3.05) is 11.9 Å². The Bertz CT molecular complexity index is 1440. The molecule has 5 rings (SSSR count). The number of hydrogen-bond acceptors (Lipinski definition) is 6. The van der Waals surface area contributed by atoms with E-state index in [1.54, 1.807) is 24.3 Å². The molecule has 3 N–H and O–H groups in total. The molecule has 0 aliphatic carbocycles. The van der Waals surface area contributed by atoms with Gasteiger partial charge in [0, 0.05) is 25.2 Å². The maximum Gasteiger partial charge on any atom is 0.270 e. The normalized spacial score (nSPS) is 12.4. The molecular formula is C25H22N6O4. The predicted molar refractivity (Wildman–Crippen MR) is 127 cm³/mol. The summed E-state index contributed by atoms with van der Waals surface area (Å²) in [6.07, 6.45) is 1.52. The Morgan fingerprint density at radius 1 is 1.00 bits per heavy atom. The highest BCUT2D eigenvalue weighted by Gasteiger charge is 2.19. The van der Waals surface area contributed by atoms with Gasteiger partial charge in [0.15, 0.2) is 12.3 Å². The number of aryl methyl sites for hydroxylation is 1. The molecule has 1 aliphatic rings. The minimum Gasteiger partial charge on any atom is -0.482 e. The molecule has 10 heteroatoms. The number of amides is 3. The van der Waals surface area contributed by atoms with E-state index in [-0.39, 0.29) is 36.4 Å². The number of fused-ring (bicyclic) bond motifs is 2. The lowest BCUT2D eigenvalue weighted by Crippen LogP contribution is -2.28. The van der Waals surface area contributed by atoms with Gasteiger partial charge >= 0.3 is 0 Å². The molecule has 3 amide bonds. The molecule has 0 saturated carbocycles. The fraction of sp³-hybridized carbons (Fsp3) is 0.160. The van der Waals surface area contributed by atoms with E-state index in [0.717, 1.165) is 16.7 Å². The third-order valence-corrected chi connectivity index (χ3v) is 5.53. The Morgan fingerprint density at radius 2 is 1.74 bits per heavy atom. The third-order valence-electron chi connectivity index (χ3n) is 5.53. The number of carbonyl (C=O) groups excluding carboxylic acids is 3. The molecule has 0 radical (unpaired) electrons. The highest BCUT2D eigenvalue weighted by atomic mass is 16.5. The van der Waals surface area contributed by atoms with Gasteiger partial charge in [0.25, 0.3) is 17.7 Å². The zero-order valence-electron chi connectivity index (χ0n) is 18.9. The highest BCUT2D eigenvalue weighted by molar-refractivity contribution is 5.98. The number of carbonyl (C=O) groups is 3. The summed E-state index contributed by atoms with van der Waals surface area (Å²) >= 11 is 0. The molecule has 0 unspecified atom stereocenters. The van der Waals surface area contributed by atoms with Gasteiger partial charge in [-0.1, -0.05) is 35.9 Å². The second-order valence-electron chi connectivity index (χ2n) is 8.15. The van der Waals surface area contributed by atoms with Gasteiger partial charge in [0.05, 0.1) is 11.9 Å². The third kappa shape index (κ3) is 4.81. The summed E-state index contributed by atoms with van der Waals surface area (Å²) in [4.78, 5) is 41.7. The fourth-order valence-corrected chi connectivity index (χ4v) is 3.68. The summed E-state index contributed by atoms with van der Waals surface area (Å²) in [6.45, 7) is 2.51. The van der Waals surface area contributed by atoms with Crippen molar-refractivity contribution in [1.82, 2.24) is 25.2 Å². The van der Waals surface area contributed by atoms with Crippen molar-refractivity contribution in [2.24, 2.45) is 0 Å². The van der Waals surface area contributed by atoms with Crippen molar-refractivity contribution in [1.29, 1.82) is 0 Å². The average Bonchev–Trinajstić information content (AvgIpc) is 3.34. The van der Waals surface area contributed by atoms with Crippen LogP contribution >= 0.6 is 0 Å². The summed E-state index contributed by atoms with van der Waals surface area (Å²) in [5, 5.41) is 12.6. The van der Waals surface area contributed by atoms with Crippen LogP contribution in [0.4, 0.5) is 5.69 Å². The molecule has 0 fully saturated rings. The van der Waals surface area contributed by atoms with Crippen LogP contribution in [0, 0.1) is 6.92 Å². The van der Waals surface area contributed by atoms with Gasteiger partial charge in [0.2, 0.25) is 0 Å². The lowest BCUT2D eigenvalue weighted by Gasteiger charge is -2.18. The smallest absolute Gasteiger partial charge is 0.270 e. The second kappa shape index (κ2) is 9.26. The Kier molecular flexibility index (Phi) is 5.84. The number of ether oxygens (including phenoxy) is 1. The first-order valence-electron chi connectivity index (χ1n) is 11.0. The lowest BCUT2D eigenvalue weighted by atomic mass is 10.1. The predicted octanol–water partition coefficient (Wildman–Crippen LogP) is 2.23. The molecule has 0 spiro atoms. The Morgan fingerprint density at radius 3 is 2.57 bits per heavy atom. The van der Waals surface area contributed by atoms with Crippen LogP contribution in [0.5, 0.6) is 5.75 Å². The highest BCUT2D eigenvalue weighted by Crippen LogP contribution is 2.28. The van der Waals surface area contributed by atoms with Crippen LogP contribution in [0.25, 0.3) is 5.65 Å². The number of rotatable bonds is 6. The molecule has 176 valence electrons. The van der Waals surface area contributed by atoms with E-state index in [4.69, 9.17) is 4.74 Å². The number of nitrogens with zero attached hydrogens (tertiary/aromatic N) is 3. The summed E-state index contributed by atoms with van der Waals surface area (Å²) in [7, 11) is 0. The summed E-state index contributed by atoms with van der Waals surface area (Å²) in [6, 6.07) is 16.2. The van der Waals surface area contributed by atoms with E-state index in [1.165, 1.54) is 16.8 Å². The van der Waals surface area contributed by atoms with Gasteiger partial charge in [0.1, 0.15) is 17.1 Å². The van der Waals surface area contributed by atoms with Crippen molar-refractivity contribution in [3.8, 4) is 5.75 Å². The minimum absolute atomic E-state index is 0.0211. The average molecular weight is 470 g/mol. The molecule has 2 aromatic carbocycles. The SMILES string of the molecule is Cc1ccc(CNC(=O)c2cc(C(=O)NCc3ccc4c(c3)NC(=O)CO4)nc3ccnn23)cc1. The van der Waals surface area contributed by atoms with Crippen LogP contribution in [0.3, 0.4) is 0 Å². The molecule has 0 bridgehead atoms. The maximum atomic E-state index is 12.9. The van der Waals surface area contributed by atoms with Crippen LogP contribution in [0.2, 0.25) is 0 Å². The summed E-state index contributed by atoms with van der Waals surface area (Å²) < 4.78 is 6.75. The van der Waals surface area contributed by atoms with Gasteiger partial charge < -0.3 is 20.7 Å². The topological polar surface area (TPSA) is 127 Å². The van der Waals surface area contributed by atoms with Crippen LogP contribution in [0.1, 0.15) is 37.7 Å². The van der Waals surface area contributed by atoms with E-state index in [1.807, 2.05) is 31.2 Å². The molecule has 35 heavy (non-hydrogen) atoms. The van der Waals surface area contributed by atoms with E-state index in [9.17, 15) is 14.4 Å². The van der Waals surface area contributed by atoms with Crippen molar-refractivity contribution >= 4 is 29.1 Å². The lowest BCUT2D eigenvalue weighted by molar-refractivity contribution is -0.118. The maximum absolute atomic E-state index is 12.9. The molecule has 1 aliphatic heterocycles. The fourth-order valence-electron chi connectivity index (χ4n) is 3.68. The summed E-state index contributed by atoms with van der Waals surface area (Å²) in [5.74, 6) is -0.473. The minimum atomic E-state index is -0.445. The Labute approximate surface area is 200 Å². The quantitative estimate of drug-likeness (QED) is 0.397. The first-order chi connectivity index (χ1) is 17.0. The summed E-state index contributed by atoms with van der Waals surface area (Å²) in [5.41, 5.74) is 4.09. The van der Waals surface area contributed by atoms with E-state index >= 15 is 0 Å². The number of anilines is 1. The molecule has 0 saturated heterocycles. The van der Waals surface area contributed by atoms with Gasteiger partial charge in [-0.25, -0.2) is 9.50 Å². The molecule has 0 atom stereocenters. The van der Waals surface area contributed by atoms with Crippen LogP contribution in [-0.4, -0.2) is 38.9 Å². The molecule has 2 aromatic heterocycles. The van der Waals surface area contributed by atoms with Gasteiger partial charge in [-0.15, -0.1) is 0 Å². The number of benzene rings is 2. The molecule has 3 heterocycles. The standard InChI is InChI=1S/C25H22N6O4/c1-15-2-4-16(5-3-15)12-27-25(34)20-11-19(29-22-8-9-28-31(20)22)24(33)26-13-17-6-7-21-18(10-17)30-23(32)14-35-21/h2-11H,12-14H2,1H3,(H,26,33)(H,27,34)(H,30,32). The van der Waals surface area contributed by atoms with Crippen molar-refractivity contribution in [3.63, 3.8) is 0 Å². The zero-order valence-corrected chi connectivity index (χ0v) is 18.9. The van der Waals surface area contributed by atoms with Crippen LogP contribution < -0.4 is 20.7 Å². The Hall–Kier alpha value is -4.73. The zero-order chi connectivity index (χ0) is 24.4.